The van der Waals surface area contributed by atoms with Crippen molar-refractivity contribution in [2.75, 3.05) is 31.6 Å². The number of halogens is 1. The predicted molar refractivity (Wildman–Crippen MR) is 82.4 cm³/mol. The molecule has 5 heteroatoms. The minimum Gasteiger partial charge on any atom is -0.478 e. The van der Waals surface area contributed by atoms with Gasteiger partial charge in [0, 0.05) is 31.8 Å². The van der Waals surface area contributed by atoms with Crippen molar-refractivity contribution in [3.63, 3.8) is 0 Å². The molecule has 1 fully saturated rings. The van der Waals surface area contributed by atoms with Gasteiger partial charge in [-0.3, -0.25) is 0 Å². The predicted octanol–water partition coefficient (Wildman–Crippen LogP) is 2.58. The van der Waals surface area contributed by atoms with Gasteiger partial charge in [-0.1, -0.05) is 17.7 Å². The lowest BCUT2D eigenvalue weighted by atomic mass is 10.1. The molecule has 0 aromatic heterocycles. The van der Waals surface area contributed by atoms with Crippen molar-refractivity contribution in [3.8, 4) is 0 Å². The van der Waals surface area contributed by atoms with E-state index < -0.39 is 5.97 Å². The first kappa shape index (κ1) is 14.9. The number of carboxylic acids is 1. The lowest BCUT2D eigenvalue weighted by Gasteiger charge is -2.40. The Hall–Kier alpha value is -1.52. The van der Waals surface area contributed by atoms with E-state index in [1.165, 1.54) is 0 Å². The van der Waals surface area contributed by atoms with Gasteiger partial charge in [0.05, 0.1) is 10.7 Å². The summed E-state index contributed by atoms with van der Waals surface area (Å²) in [4.78, 5) is 15.1. The van der Waals surface area contributed by atoms with Crippen LogP contribution in [-0.2, 0) is 4.79 Å². The molecular weight excluding hydrogens is 276 g/mol. The third-order valence-corrected chi connectivity index (χ3v) is 3.83. The van der Waals surface area contributed by atoms with E-state index in [0.717, 1.165) is 37.0 Å². The quantitative estimate of drug-likeness (QED) is 0.870. The Morgan fingerprint density at radius 1 is 1.45 bits per heavy atom. The lowest BCUT2D eigenvalue weighted by Crippen LogP contribution is -2.50. The van der Waals surface area contributed by atoms with E-state index in [0.29, 0.717) is 11.1 Å². The van der Waals surface area contributed by atoms with Crippen LogP contribution in [0.3, 0.4) is 0 Å². The molecule has 0 spiro atoms. The van der Waals surface area contributed by atoms with Crippen molar-refractivity contribution in [3.05, 3.63) is 34.9 Å². The maximum absolute atomic E-state index is 10.5. The molecule has 1 aliphatic heterocycles. The van der Waals surface area contributed by atoms with Crippen molar-refractivity contribution in [1.29, 1.82) is 0 Å². The molecule has 20 heavy (non-hydrogen) atoms. The average molecular weight is 295 g/mol. The number of aliphatic carboxylic acids is 1. The molecule has 2 rings (SSSR count). The molecule has 4 nitrogen and oxygen atoms in total. The zero-order valence-corrected chi connectivity index (χ0v) is 12.5. The third kappa shape index (κ3) is 3.52. The minimum absolute atomic E-state index is 0.409. The van der Waals surface area contributed by atoms with Crippen molar-refractivity contribution in [2.45, 2.75) is 13.0 Å². The van der Waals surface area contributed by atoms with E-state index in [4.69, 9.17) is 16.7 Å². The van der Waals surface area contributed by atoms with Gasteiger partial charge in [-0.05, 0) is 37.7 Å². The van der Waals surface area contributed by atoms with Gasteiger partial charge in [0.25, 0.3) is 0 Å². The first-order chi connectivity index (χ1) is 9.47. The number of piperazine rings is 1. The van der Waals surface area contributed by atoms with Crippen LogP contribution in [0.25, 0.3) is 6.08 Å². The van der Waals surface area contributed by atoms with Crippen LogP contribution in [0.1, 0.15) is 12.5 Å². The highest BCUT2D eigenvalue weighted by Gasteiger charge is 2.23. The third-order valence-electron chi connectivity index (χ3n) is 3.53. The molecule has 1 aliphatic rings. The maximum Gasteiger partial charge on any atom is 0.328 e. The molecular formula is C15H19ClN2O2. The number of rotatable bonds is 3. The molecule has 1 aromatic carbocycles. The summed E-state index contributed by atoms with van der Waals surface area (Å²) in [6.07, 6.45) is 2.66. The van der Waals surface area contributed by atoms with Crippen molar-refractivity contribution >= 4 is 29.3 Å². The molecule has 0 radical (unpaired) electrons. The van der Waals surface area contributed by atoms with Crippen LogP contribution in [0.15, 0.2) is 24.3 Å². The number of hydrogen-bond acceptors (Lipinski definition) is 3. The molecule has 1 saturated heterocycles. The topological polar surface area (TPSA) is 43.8 Å². The number of likely N-dealkylation sites (N-methyl/N-ethyl adjacent to an activating group) is 1. The Kier molecular flexibility index (Phi) is 4.68. The Bertz CT molecular complexity index is 531. The maximum atomic E-state index is 10.5. The summed E-state index contributed by atoms with van der Waals surface area (Å²) in [7, 11) is 2.12. The van der Waals surface area contributed by atoms with E-state index in [2.05, 4.69) is 23.8 Å². The summed E-state index contributed by atoms with van der Waals surface area (Å²) in [5.74, 6) is -0.960. The van der Waals surface area contributed by atoms with Crippen molar-refractivity contribution in [2.24, 2.45) is 0 Å². The summed E-state index contributed by atoms with van der Waals surface area (Å²) in [5, 5.41) is 9.29. The lowest BCUT2D eigenvalue weighted by molar-refractivity contribution is -0.131. The van der Waals surface area contributed by atoms with Gasteiger partial charge in [0.2, 0.25) is 0 Å². The largest absolute Gasteiger partial charge is 0.478 e. The van der Waals surface area contributed by atoms with E-state index >= 15 is 0 Å². The van der Waals surface area contributed by atoms with E-state index in [-0.39, 0.29) is 0 Å². The zero-order valence-electron chi connectivity index (χ0n) is 11.7. The summed E-state index contributed by atoms with van der Waals surface area (Å²) in [6.45, 7) is 5.16. The second-order valence-corrected chi connectivity index (χ2v) is 5.59. The van der Waals surface area contributed by atoms with Crippen LogP contribution in [0.5, 0.6) is 0 Å². The van der Waals surface area contributed by atoms with Crippen LogP contribution < -0.4 is 4.90 Å². The monoisotopic (exact) mass is 294 g/mol. The highest BCUT2D eigenvalue weighted by Crippen LogP contribution is 2.30. The standard InChI is InChI=1S/C15H19ClN2O2/c1-11-10-17(2)7-8-18(11)14-5-3-12(9-13(14)16)4-6-15(19)20/h3-6,9,11H,7-8,10H2,1-2H3,(H,19,20)/b6-4+. The smallest absolute Gasteiger partial charge is 0.328 e. The fourth-order valence-corrected chi connectivity index (χ4v) is 2.82. The van der Waals surface area contributed by atoms with Gasteiger partial charge in [-0.25, -0.2) is 4.79 Å². The fourth-order valence-electron chi connectivity index (χ4n) is 2.52. The van der Waals surface area contributed by atoms with Gasteiger partial charge < -0.3 is 14.9 Å². The van der Waals surface area contributed by atoms with E-state index in [9.17, 15) is 4.79 Å². The molecule has 0 bridgehead atoms. The Morgan fingerprint density at radius 3 is 2.80 bits per heavy atom. The Labute approximate surface area is 124 Å². The number of carbonyl (C=O) groups is 1. The van der Waals surface area contributed by atoms with Crippen LogP contribution in [0.4, 0.5) is 5.69 Å². The first-order valence-electron chi connectivity index (χ1n) is 6.63. The number of benzene rings is 1. The first-order valence-corrected chi connectivity index (χ1v) is 7.01. The molecule has 0 saturated carbocycles. The molecule has 1 unspecified atom stereocenters. The van der Waals surface area contributed by atoms with Crippen molar-refractivity contribution in [1.82, 2.24) is 4.90 Å². The van der Waals surface area contributed by atoms with Gasteiger partial charge >= 0.3 is 5.97 Å². The summed E-state index contributed by atoms with van der Waals surface area (Å²) in [6, 6.07) is 6.07. The SMILES string of the molecule is CC1CN(C)CCN1c1ccc(/C=C/C(=O)O)cc1Cl. The molecule has 1 N–H and O–H groups in total. The second kappa shape index (κ2) is 6.29. The second-order valence-electron chi connectivity index (χ2n) is 5.19. The molecule has 108 valence electrons. The number of nitrogens with zero attached hydrogens (tertiary/aromatic N) is 2. The number of hydrogen-bond donors (Lipinski definition) is 1. The summed E-state index contributed by atoms with van der Waals surface area (Å²) in [5.41, 5.74) is 1.81. The van der Waals surface area contributed by atoms with Crippen LogP contribution in [0.2, 0.25) is 5.02 Å². The Morgan fingerprint density at radius 2 is 2.20 bits per heavy atom. The molecule has 1 atom stereocenters. The highest BCUT2D eigenvalue weighted by atomic mass is 35.5. The normalized spacial score (nSPS) is 20.6. The molecule has 1 heterocycles. The molecule has 1 aromatic rings. The summed E-state index contributed by atoms with van der Waals surface area (Å²) >= 11 is 6.34. The fraction of sp³-hybridized carbons (Fsp3) is 0.400. The molecule has 0 amide bonds. The van der Waals surface area contributed by atoms with Crippen LogP contribution in [0, 0.1) is 0 Å². The van der Waals surface area contributed by atoms with E-state index in [1.54, 1.807) is 12.1 Å². The van der Waals surface area contributed by atoms with Gasteiger partial charge in [0.15, 0.2) is 0 Å². The Balaban J connectivity index is 2.19. The van der Waals surface area contributed by atoms with Crippen LogP contribution in [-0.4, -0.2) is 48.7 Å². The number of carboxylic acid groups (broad SMARTS) is 1. The number of anilines is 1. The highest BCUT2D eigenvalue weighted by molar-refractivity contribution is 6.33. The van der Waals surface area contributed by atoms with E-state index in [1.807, 2.05) is 12.1 Å². The van der Waals surface area contributed by atoms with Gasteiger partial charge in [0.1, 0.15) is 0 Å². The van der Waals surface area contributed by atoms with Crippen molar-refractivity contribution < 1.29 is 9.90 Å². The van der Waals surface area contributed by atoms with Gasteiger partial charge in [-0.2, -0.15) is 0 Å². The summed E-state index contributed by atoms with van der Waals surface area (Å²) < 4.78 is 0. The molecule has 0 aliphatic carbocycles. The van der Waals surface area contributed by atoms with Gasteiger partial charge in [-0.15, -0.1) is 0 Å². The minimum atomic E-state index is -0.960. The average Bonchev–Trinajstić information content (AvgIpc) is 2.37. The zero-order chi connectivity index (χ0) is 14.7. The van der Waals surface area contributed by atoms with Crippen LogP contribution >= 0.6 is 11.6 Å².